The van der Waals surface area contributed by atoms with E-state index in [0.29, 0.717) is 13.0 Å². The third kappa shape index (κ3) is 5.46. The topological polar surface area (TPSA) is 50.4 Å². The van der Waals surface area contributed by atoms with Crippen molar-refractivity contribution in [1.82, 2.24) is 10.6 Å². The van der Waals surface area contributed by atoms with Crippen LogP contribution in [-0.2, 0) is 11.2 Å². The zero-order chi connectivity index (χ0) is 16.7. The lowest BCUT2D eigenvalue weighted by atomic mass is 10.0. The smallest absolute Gasteiger partial charge is 0.270 e. The molecule has 0 aromatic heterocycles. The van der Waals surface area contributed by atoms with Crippen molar-refractivity contribution in [2.75, 3.05) is 19.7 Å². The zero-order valence-electron chi connectivity index (χ0n) is 13.4. The molecule has 1 fully saturated rings. The third-order valence-corrected chi connectivity index (χ3v) is 3.87. The molecule has 1 unspecified atom stereocenters. The molecule has 0 saturated carbocycles. The van der Waals surface area contributed by atoms with Crippen LogP contribution in [0.25, 0.3) is 0 Å². The molecule has 1 saturated heterocycles. The number of rotatable bonds is 7. The molecule has 1 atom stereocenters. The lowest BCUT2D eigenvalue weighted by molar-refractivity contribution is -0.127. The average Bonchev–Trinajstić information content (AvgIpc) is 2.54. The molecule has 1 aromatic rings. The van der Waals surface area contributed by atoms with Crippen LogP contribution in [0.1, 0.15) is 31.7 Å². The minimum atomic E-state index is -2.83. The Hall–Kier alpha value is -1.69. The molecule has 1 aliphatic rings. The number of ether oxygens (including phenoxy) is 1. The van der Waals surface area contributed by atoms with Crippen molar-refractivity contribution in [3.63, 3.8) is 0 Å². The third-order valence-electron chi connectivity index (χ3n) is 3.87. The van der Waals surface area contributed by atoms with Gasteiger partial charge in [-0.2, -0.15) is 0 Å². The van der Waals surface area contributed by atoms with Gasteiger partial charge in [0.1, 0.15) is 11.8 Å². The first kappa shape index (κ1) is 17.7. The Morgan fingerprint density at radius 3 is 2.78 bits per heavy atom. The Bertz CT molecular complexity index is 506. The molecule has 0 radical (unpaired) electrons. The predicted octanol–water partition coefficient (Wildman–Crippen LogP) is 2.52. The zero-order valence-corrected chi connectivity index (χ0v) is 13.4. The molecule has 1 heterocycles. The molecular weight excluding hydrogens is 302 g/mol. The number of hydrogen-bond acceptors (Lipinski definition) is 3. The Balaban J connectivity index is 1.77. The Kier molecular flexibility index (Phi) is 6.33. The Morgan fingerprint density at radius 2 is 2.13 bits per heavy atom. The minimum absolute atomic E-state index is 0.113. The van der Waals surface area contributed by atoms with Gasteiger partial charge in [-0.05, 0) is 30.5 Å². The number of piperidine rings is 1. The van der Waals surface area contributed by atoms with Crippen molar-refractivity contribution in [3.8, 4) is 5.75 Å². The lowest BCUT2D eigenvalue weighted by Crippen LogP contribution is -2.57. The average molecular weight is 326 g/mol. The van der Waals surface area contributed by atoms with E-state index < -0.39 is 12.0 Å². The predicted molar refractivity (Wildman–Crippen MR) is 84.9 cm³/mol. The molecule has 23 heavy (non-hydrogen) atoms. The van der Waals surface area contributed by atoms with E-state index in [1.54, 1.807) is 0 Å². The standard InChI is InChI=1S/C17H24F2N2O2/c1-2-11-23-14-6-3-13(4-7-14)5-8-16(22)21-15-12-20-10-9-17(15,18)19/h3-4,6-7,15,20H,2,5,8-12H2,1H3,(H,21,22). The molecule has 4 nitrogen and oxygen atoms in total. The summed E-state index contributed by atoms with van der Waals surface area (Å²) in [4.78, 5) is 11.9. The first-order valence-electron chi connectivity index (χ1n) is 8.11. The molecule has 1 aliphatic heterocycles. The first-order valence-corrected chi connectivity index (χ1v) is 8.11. The van der Waals surface area contributed by atoms with Gasteiger partial charge in [0, 0.05) is 25.9 Å². The summed E-state index contributed by atoms with van der Waals surface area (Å²) in [5, 5.41) is 5.33. The van der Waals surface area contributed by atoms with Gasteiger partial charge in [0.15, 0.2) is 0 Å². The van der Waals surface area contributed by atoms with Gasteiger partial charge in [0.25, 0.3) is 5.92 Å². The van der Waals surface area contributed by atoms with Crippen molar-refractivity contribution >= 4 is 5.91 Å². The molecule has 0 bridgehead atoms. The van der Waals surface area contributed by atoms with Crippen LogP contribution in [0.5, 0.6) is 5.75 Å². The van der Waals surface area contributed by atoms with E-state index in [9.17, 15) is 13.6 Å². The summed E-state index contributed by atoms with van der Waals surface area (Å²) in [6, 6.07) is 6.41. The molecule has 128 valence electrons. The van der Waals surface area contributed by atoms with Gasteiger partial charge in [-0.3, -0.25) is 4.79 Å². The number of nitrogens with one attached hydrogen (secondary N) is 2. The molecule has 6 heteroatoms. The lowest BCUT2D eigenvalue weighted by Gasteiger charge is -2.32. The van der Waals surface area contributed by atoms with Gasteiger partial charge in [0.2, 0.25) is 5.91 Å². The molecule has 1 amide bonds. The van der Waals surface area contributed by atoms with E-state index in [1.165, 1.54) is 0 Å². The maximum Gasteiger partial charge on any atom is 0.270 e. The SMILES string of the molecule is CCCOc1ccc(CCC(=O)NC2CNCCC2(F)F)cc1. The number of aryl methyl sites for hydroxylation is 1. The number of amides is 1. The molecule has 2 N–H and O–H groups in total. The first-order chi connectivity index (χ1) is 11.0. The van der Waals surface area contributed by atoms with Gasteiger partial charge >= 0.3 is 0 Å². The van der Waals surface area contributed by atoms with E-state index in [1.807, 2.05) is 31.2 Å². The van der Waals surface area contributed by atoms with Crippen molar-refractivity contribution in [3.05, 3.63) is 29.8 Å². The van der Waals surface area contributed by atoms with E-state index in [4.69, 9.17) is 4.74 Å². The summed E-state index contributed by atoms with van der Waals surface area (Å²) in [6.45, 7) is 3.11. The van der Waals surface area contributed by atoms with Gasteiger partial charge in [-0.15, -0.1) is 0 Å². The molecule has 2 rings (SSSR count). The number of halogens is 2. The van der Waals surface area contributed by atoms with Gasteiger partial charge in [-0.25, -0.2) is 8.78 Å². The molecule has 1 aromatic carbocycles. The highest BCUT2D eigenvalue weighted by atomic mass is 19.3. The second-order valence-corrected chi connectivity index (χ2v) is 5.83. The summed E-state index contributed by atoms with van der Waals surface area (Å²) in [7, 11) is 0. The van der Waals surface area contributed by atoms with Crippen LogP contribution < -0.4 is 15.4 Å². The second kappa shape index (κ2) is 8.24. The quantitative estimate of drug-likeness (QED) is 0.809. The van der Waals surface area contributed by atoms with Crippen LogP contribution in [0.15, 0.2) is 24.3 Å². The highest BCUT2D eigenvalue weighted by Crippen LogP contribution is 2.25. The highest BCUT2D eigenvalue weighted by Gasteiger charge is 2.42. The summed E-state index contributed by atoms with van der Waals surface area (Å²) in [5.74, 6) is -2.38. The number of alkyl halides is 2. The van der Waals surface area contributed by atoms with Gasteiger partial charge in [0.05, 0.1) is 6.61 Å². The fourth-order valence-electron chi connectivity index (χ4n) is 2.48. The van der Waals surface area contributed by atoms with Gasteiger partial charge in [-0.1, -0.05) is 19.1 Å². The van der Waals surface area contributed by atoms with Crippen LogP contribution in [0.3, 0.4) is 0 Å². The number of hydrogen-bond donors (Lipinski definition) is 2. The number of carbonyl (C=O) groups is 1. The van der Waals surface area contributed by atoms with Crippen LogP contribution in [0, 0.1) is 0 Å². The number of carbonyl (C=O) groups excluding carboxylic acids is 1. The van der Waals surface area contributed by atoms with Crippen LogP contribution in [-0.4, -0.2) is 37.6 Å². The van der Waals surface area contributed by atoms with Crippen LogP contribution in [0.2, 0.25) is 0 Å². The fourth-order valence-corrected chi connectivity index (χ4v) is 2.48. The van der Waals surface area contributed by atoms with E-state index >= 15 is 0 Å². The monoisotopic (exact) mass is 326 g/mol. The van der Waals surface area contributed by atoms with Crippen LogP contribution in [0.4, 0.5) is 8.78 Å². The van der Waals surface area contributed by atoms with Crippen molar-refractivity contribution in [1.29, 1.82) is 0 Å². The van der Waals surface area contributed by atoms with Gasteiger partial charge < -0.3 is 15.4 Å². The Morgan fingerprint density at radius 1 is 1.39 bits per heavy atom. The van der Waals surface area contributed by atoms with Crippen molar-refractivity contribution < 1.29 is 18.3 Å². The van der Waals surface area contributed by atoms with E-state index in [2.05, 4.69) is 10.6 Å². The largest absolute Gasteiger partial charge is 0.494 e. The molecule has 0 aliphatic carbocycles. The summed E-state index contributed by atoms with van der Waals surface area (Å²) in [6.07, 6.45) is 1.42. The summed E-state index contributed by atoms with van der Waals surface area (Å²) in [5.41, 5.74) is 0.984. The van der Waals surface area contributed by atoms with E-state index in [-0.39, 0.29) is 31.8 Å². The Labute approximate surface area is 135 Å². The fraction of sp³-hybridized carbons (Fsp3) is 0.588. The minimum Gasteiger partial charge on any atom is -0.494 e. The molecular formula is C17H24F2N2O2. The van der Waals surface area contributed by atoms with E-state index in [0.717, 1.165) is 17.7 Å². The summed E-state index contributed by atoms with van der Waals surface area (Å²) >= 11 is 0. The molecule has 0 spiro atoms. The highest BCUT2D eigenvalue weighted by molar-refractivity contribution is 5.76. The second-order valence-electron chi connectivity index (χ2n) is 5.83. The van der Waals surface area contributed by atoms with Crippen LogP contribution >= 0.6 is 0 Å². The maximum atomic E-state index is 13.7. The maximum absolute atomic E-state index is 13.7. The summed E-state index contributed by atoms with van der Waals surface area (Å²) < 4.78 is 32.8. The van der Waals surface area contributed by atoms with Crippen molar-refractivity contribution in [2.45, 2.75) is 44.6 Å². The van der Waals surface area contributed by atoms with Crippen molar-refractivity contribution in [2.24, 2.45) is 0 Å². The number of benzene rings is 1. The normalized spacial score (nSPS) is 20.0.